The standard InChI is InChI=1S/C26H42O4/c1-18(5-3-7-25-29-13-14-30-25)23-10-11-24-20(6-4-12-26(23,24)2)9-8-19-15-21(27)17-22(28)16-19/h8-9,18,21-25,27-28H,3-7,10-17H2,1-2H3/b20-9+/t18-,21-,22-,23-,24+,26-/m1/s1. The lowest BCUT2D eigenvalue weighted by molar-refractivity contribution is -0.0491. The molecule has 2 N–H and O–H groups in total. The third-order valence-corrected chi connectivity index (χ3v) is 8.59. The summed E-state index contributed by atoms with van der Waals surface area (Å²) in [5, 5.41) is 20.0. The Hall–Kier alpha value is -0.680. The van der Waals surface area contributed by atoms with Crippen LogP contribution in [0.2, 0.25) is 0 Å². The van der Waals surface area contributed by atoms with Crippen LogP contribution in [0, 0.1) is 23.2 Å². The van der Waals surface area contributed by atoms with Gasteiger partial charge in [0, 0.05) is 0 Å². The molecule has 30 heavy (non-hydrogen) atoms. The predicted molar refractivity (Wildman–Crippen MR) is 119 cm³/mol. The second-order valence-corrected chi connectivity index (χ2v) is 10.7. The van der Waals surface area contributed by atoms with Gasteiger partial charge in [0.1, 0.15) is 0 Å². The summed E-state index contributed by atoms with van der Waals surface area (Å²) < 4.78 is 11.2. The first-order valence-electron chi connectivity index (χ1n) is 12.4. The quantitative estimate of drug-likeness (QED) is 0.627. The van der Waals surface area contributed by atoms with Crippen LogP contribution in [0.1, 0.15) is 84.5 Å². The summed E-state index contributed by atoms with van der Waals surface area (Å²) in [6, 6.07) is 0. The van der Waals surface area contributed by atoms with Crippen molar-refractivity contribution in [3.8, 4) is 0 Å². The summed E-state index contributed by atoms with van der Waals surface area (Å²) in [6.07, 6.45) is 15.9. The van der Waals surface area contributed by atoms with Crippen LogP contribution >= 0.6 is 0 Å². The molecule has 170 valence electrons. The number of hydrogen-bond acceptors (Lipinski definition) is 4. The molecule has 1 aliphatic heterocycles. The number of rotatable bonds is 6. The molecule has 0 bridgehead atoms. The van der Waals surface area contributed by atoms with Gasteiger partial charge in [0.2, 0.25) is 0 Å². The smallest absolute Gasteiger partial charge is 0.157 e. The lowest BCUT2D eigenvalue weighted by Gasteiger charge is -2.44. The minimum Gasteiger partial charge on any atom is -0.393 e. The van der Waals surface area contributed by atoms with Crippen LogP contribution in [-0.4, -0.2) is 41.9 Å². The Balaban J connectivity index is 1.37. The predicted octanol–water partition coefficient (Wildman–Crippen LogP) is 5.14. The molecule has 4 rings (SSSR count). The average molecular weight is 419 g/mol. The van der Waals surface area contributed by atoms with Crippen LogP contribution in [0.4, 0.5) is 0 Å². The van der Waals surface area contributed by atoms with Gasteiger partial charge >= 0.3 is 0 Å². The monoisotopic (exact) mass is 418 g/mol. The molecule has 0 radical (unpaired) electrons. The molecular formula is C26H42O4. The largest absolute Gasteiger partial charge is 0.393 e. The van der Waals surface area contributed by atoms with E-state index in [-0.39, 0.29) is 18.5 Å². The van der Waals surface area contributed by atoms with Gasteiger partial charge < -0.3 is 19.7 Å². The van der Waals surface area contributed by atoms with E-state index in [2.05, 4.69) is 26.0 Å². The molecule has 6 atom stereocenters. The van der Waals surface area contributed by atoms with Crippen molar-refractivity contribution in [2.75, 3.05) is 13.2 Å². The summed E-state index contributed by atoms with van der Waals surface area (Å²) in [7, 11) is 0. The Bertz CT molecular complexity index is 623. The highest BCUT2D eigenvalue weighted by Crippen LogP contribution is 2.59. The lowest BCUT2D eigenvalue weighted by atomic mass is 9.60. The van der Waals surface area contributed by atoms with Crippen molar-refractivity contribution >= 4 is 0 Å². The molecule has 3 aliphatic carbocycles. The molecule has 1 heterocycles. The minimum absolute atomic E-state index is 0.0400. The van der Waals surface area contributed by atoms with Gasteiger partial charge in [-0.25, -0.2) is 0 Å². The van der Waals surface area contributed by atoms with E-state index in [0.29, 0.717) is 17.8 Å². The first-order valence-corrected chi connectivity index (χ1v) is 12.4. The second-order valence-electron chi connectivity index (χ2n) is 10.7. The maximum absolute atomic E-state index is 9.98. The summed E-state index contributed by atoms with van der Waals surface area (Å²) in [5.41, 5.74) is 3.25. The molecule has 0 unspecified atom stereocenters. The summed E-state index contributed by atoms with van der Waals surface area (Å²) >= 11 is 0. The van der Waals surface area contributed by atoms with E-state index in [4.69, 9.17) is 9.47 Å². The molecule has 1 saturated heterocycles. The fourth-order valence-electron chi connectivity index (χ4n) is 7.13. The summed E-state index contributed by atoms with van der Waals surface area (Å²) in [4.78, 5) is 0. The van der Waals surface area contributed by atoms with Gasteiger partial charge in [-0.15, -0.1) is 0 Å². The van der Waals surface area contributed by atoms with Crippen molar-refractivity contribution in [3.63, 3.8) is 0 Å². The zero-order chi connectivity index (χ0) is 21.1. The third-order valence-electron chi connectivity index (χ3n) is 8.59. The van der Waals surface area contributed by atoms with Gasteiger partial charge in [0.15, 0.2) is 6.29 Å². The first kappa shape index (κ1) is 22.5. The van der Waals surface area contributed by atoms with Crippen molar-refractivity contribution in [3.05, 3.63) is 23.3 Å². The van der Waals surface area contributed by atoms with Crippen LogP contribution in [0.3, 0.4) is 0 Å². The van der Waals surface area contributed by atoms with Crippen molar-refractivity contribution < 1.29 is 19.7 Å². The fourth-order valence-corrected chi connectivity index (χ4v) is 7.13. The third kappa shape index (κ3) is 5.03. The zero-order valence-corrected chi connectivity index (χ0v) is 19.0. The number of allylic oxidation sites excluding steroid dienone is 3. The van der Waals surface area contributed by atoms with Gasteiger partial charge in [0.25, 0.3) is 0 Å². The summed E-state index contributed by atoms with van der Waals surface area (Å²) in [6.45, 7) is 6.54. The topological polar surface area (TPSA) is 58.9 Å². The number of ether oxygens (including phenoxy) is 2. The number of aliphatic hydroxyl groups excluding tert-OH is 2. The molecule has 4 fully saturated rings. The maximum atomic E-state index is 9.98. The van der Waals surface area contributed by atoms with Crippen molar-refractivity contribution in [2.24, 2.45) is 23.2 Å². The Morgan fingerprint density at radius 1 is 1.10 bits per heavy atom. The molecule has 0 aromatic heterocycles. The highest BCUT2D eigenvalue weighted by Gasteiger charge is 2.50. The van der Waals surface area contributed by atoms with Gasteiger partial charge in [0.05, 0.1) is 25.4 Å². The fraction of sp³-hybridized carbons (Fsp3) is 0.846. The molecule has 4 heteroatoms. The van der Waals surface area contributed by atoms with Gasteiger partial charge in [-0.3, -0.25) is 0 Å². The molecule has 4 nitrogen and oxygen atoms in total. The molecule has 3 saturated carbocycles. The average Bonchev–Trinajstić information content (AvgIpc) is 3.33. The van der Waals surface area contributed by atoms with Gasteiger partial charge in [-0.1, -0.05) is 43.6 Å². The highest BCUT2D eigenvalue weighted by molar-refractivity contribution is 5.26. The maximum Gasteiger partial charge on any atom is 0.157 e. The Labute approximate surface area is 182 Å². The van der Waals surface area contributed by atoms with E-state index in [1.165, 1.54) is 50.5 Å². The first-order chi connectivity index (χ1) is 14.5. The van der Waals surface area contributed by atoms with E-state index in [0.717, 1.165) is 44.3 Å². The molecule has 0 aromatic carbocycles. The van der Waals surface area contributed by atoms with Crippen LogP contribution in [0.25, 0.3) is 0 Å². The molecular weight excluding hydrogens is 376 g/mol. The van der Waals surface area contributed by atoms with Crippen molar-refractivity contribution in [1.29, 1.82) is 0 Å². The van der Waals surface area contributed by atoms with Crippen molar-refractivity contribution in [2.45, 2.75) is 103 Å². The Morgan fingerprint density at radius 3 is 2.57 bits per heavy atom. The number of aliphatic hydroxyl groups is 2. The highest BCUT2D eigenvalue weighted by atomic mass is 16.7. The molecule has 0 amide bonds. The molecule has 4 aliphatic rings. The normalized spacial score (nSPS) is 40.0. The van der Waals surface area contributed by atoms with E-state index < -0.39 is 0 Å². The van der Waals surface area contributed by atoms with Gasteiger partial charge in [-0.05, 0) is 87.4 Å². The van der Waals surface area contributed by atoms with Crippen molar-refractivity contribution in [1.82, 2.24) is 0 Å². The lowest BCUT2D eigenvalue weighted by Crippen LogP contribution is -2.36. The van der Waals surface area contributed by atoms with E-state index >= 15 is 0 Å². The van der Waals surface area contributed by atoms with Crippen LogP contribution in [-0.2, 0) is 9.47 Å². The summed E-state index contributed by atoms with van der Waals surface area (Å²) in [5.74, 6) is 2.26. The van der Waals surface area contributed by atoms with Crippen LogP contribution in [0.15, 0.2) is 23.3 Å². The second kappa shape index (κ2) is 9.85. The molecule has 0 spiro atoms. The zero-order valence-electron chi connectivity index (χ0n) is 19.0. The number of fused-ring (bicyclic) bond motifs is 1. The molecule has 0 aromatic rings. The van der Waals surface area contributed by atoms with Crippen LogP contribution < -0.4 is 0 Å². The van der Waals surface area contributed by atoms with E-state index in [9.17, 15) is 10.2 Å². The van der Waals surface area contributed by atoms with Gasteiger partial charge in [-0.2, -0.15) is 0 Å². The Kier molecular flexibility index (Phi) is 7.39. The Morgan fingerprint density at radius 2 is 1.83 bits per heavy atom. The SMILES string of the molecule is C[C@H](CCCC1OCCO1)[C@H]1CC[C@H]2/C(=C/C=C3C[C@@H](O)C[C@H](O)C3)CCC[C@]12C. The van der Waals surface area contributed by atoms with Crippen LogP contribution in [0.5, 0.6) is 0 Å². The minimum atomic E-state index is -0.383. The number of hydrogen-bond donors (Lipinski definition) is 2. The van der Waals surface area contributed by atoms with E-state index in [1.807, 2.05) is 0 Å². The van der Waals surface area contributed by atoms with E-state index in [1.54, 1.807) is 5.57 Å².